The van der Waals surface area contributed by atoms with Gasteiger partial charge in [-0.15, -0.1) is 0 Å². The van der Waals surface area contributed by atoms with Crippen molar-refractivity contribution in [3.8, 4) is 17.2 Å². The van der Waals surface area contributed by atoms with Gasteiger partial charge in [0.05, 0.1) is 6.61 Å². The molecular formula is C19H19N3O3. The zero-order chi connectivity index (χ0) is 17.5. The van der Waals surface area contributed by atoms with Gasteiger partial charge in [-0.25, -0.2) is 0 Å². The number of ether oxygens (including phenoxy) is 1. The highest BCUT2D eigenvalue weighted by atomic mass is 16.5. The van der Waals surface area contributed by atoms with Gasteiger partial charge in [0.25, 0.3) is 5.89 Å². The molecule has 0 saturated heterocycles. The highest BCUT2D eigenvalue weighted by Crippen LogP contribution is 2.19. The van der Waals surface area contributed by atoms with Crippen molar-refractivity contribution in [2.45, 2.75) is 19.8 Å². The van der Waals surface area contributed by atoms with E-state index in [0.717, 1.165) is 17.0 Å². The molecule has 1 N–H and O–H groups in total. The molecule has 3 aromatic rings. The first-order valence-corrected chi connectivity index (χ1v) is 8.09. The van der Waals surface area contributed by atoms with Crippen LogP contribution in [-0.2, 0) is 4.79 Å². The molecule has 0 unspecified atom stereocenters. The minimum atomic E-state index is -0.0435. The van der Waals surface area contributed by atoms with Gasteiger partial charge in [-0.05, 0) is 49.7 Å². The number of carbonyl (C=O) groups is 1. The normalized spacial score (nSPS) is 10.4. The maximum atomic E-state index is 12.0. The number of anilines is 1. The Balaban J connectivity index is 1.43. The van der Waals surface area contributed by atoms with Gasteiger partial charge < -0.3 is 14.6 Å². The van der Waals surface area contributed by atoms with Crippen molar-refractivity contribution in [3.63, 3.8) is 0 Å². The average Bonchev–Trinajstić information content (AvgIpc) is 3.07. The molecule has 0 aliphatic carbocycles. The first kappa shape index (κ1) is 16.7. The minimum absolute atomic E-state index is 0.0435. The summed E-state index contributed by atoms with van der Waals surface area (Å²) < 4.78 is 10.7. The van der Waals surface area contributed by atoms with Crippen LogP contribution in [0.15, 0.2) is 59.1 Å². The van der Waals surface area contributed by atoms with Gasteiger partial charge in [0.2, 0.25) is 5.91 Å². The fourth-order valence-electron chi connectivity index (χ4n) is 2.27. The number of para-hydroxylation sites is 1. The van der Waals surface area contributed by atoms with E-state index in [4.69, 9.17) is 9.26 Å². The lowest BCUT2D eigenvalue weighted by molar-refractivity contribution is -0.116. The molecule has 1 amide bonds. The molecule has 0 radical (unpaired) electrons. The highest BCUT2D eigenvalue weighted by Gasteiger charge is 2.07. The summed E-state index contributed by atoms with van der Waals surface area (Å²) >= 11 is 0. The molecule has 0 bridgehead atoms. The molecule has 0 aliphatic heterocycles. The van der Waals surface area contributed by atoms with Crippen LogP contribution in [0.5, 0.6) is 5.75 Å². The predicted molar refractivity (Wildman–Crippen MR) is 94.3 cm³/mol. The fraction of sp³-hybridized carbons (Fsp3) is 0.211. The van der Waals surface area contributed by atoms with E-state index in [-0.39, 0.29) is 5.91 Å². The zero-order valence-electron chi connectivity index (χ0n) is 13.9. The van der Waals surface area contributed by atoms with Gasteiger partial charge in [-0.1, -0.05) is 23.4 Å². The zero-order valence-corrected chi connectivity index (χ0v) is 13.9. The lowest BCUT2D eigenvalue weighted by Crippen LogP contribution is -2.12. The van der Waals surface area contributed by atoms with Crippen molar-refractivity contribution in [1.29, 1.82) is 0 Å². The van der Waals surface area contributed by atoms with Gasteiger partial charge in [-0.2, -0.15) is 4.98 Å². The van der Waals surface area contributed by atoms with Crippen LogP contribution in [0.4, 0.5) is 5.69 Å². The molecule has 2 aromatic carbocycles. The van der Waals surface area contributed by atoms with Crippen molar-refractivity contribution >= 4 is 11.6 Å². The van der Waals surface area contributed by atoms with Crippen molar-refractivity contribution in [1.82, 2.24) is 10.1 Å². The molecule has 3 rings (SSSR count). The van der Waals surface area contributed by atoms with Crippen LogP contribution in [0, 0.1) is 6.92 Å². The predicted octanol–water partition coefficient (Wildman–Crippen LogP) is 3.84. The van der Waals surface area contributed by atoms with Gasteiger partial charge in [-0.3, -0.25) is 4.79 Å². The average molecular weight is 337 g/mol. The standard InChI is InChI=1S/C19H19N3O3/c1-14-20-19(25-22-14)15-9-11-16(12-10-15)21-18(23)8-5-13-24-17-6-3-2-4-7-17/h2-4,6-7,9-12H,5,8,13H2,1H3,(H,21,23). The van der Waals surface area contributed by atoms with E-state index in [1.165, 1.54) is 0 Å². The molecule has 6 heteroatoms. The SMILES string of the molecule is Cc1noc(-c2ccc(NC(=O)CCCOc3ccccc3)cc2)n1. The minimum Gasteiger partial charge on any atom is -0.494 e. The Hall–Kier alpha value is -3.15. The Morgan fingerprint density at radius 3 is 2.56 bits per heavy atom. The van der Waals surface area contributed by atoms with E-state index in [1.807, 2.05) is 54.6 Å². The summed E-state index contributed by atoms with van der Waals surface area (Å²) in [4.78, 5) is 16.1. The molecule has 0 atom stereocenters. The first-order valence-electron chi connectivity index (χ1n) is 8.09. The van der Waals surface area contributed by atoms with Crippen LogP contribution in [-0.4, -0.2) is 22.7 Å². The van der Waals surface area contributed by atoms with Crippen LogP contribution < -0.4 is 10.1 Å². The molecule has 0 spiro atoms. The van der Waals surface area contributed by atoms with E-state index in [1.54, 1.807) is 6.92 Å². The number of nitrogens with one attached hydrogen (secondary N) is 1. The molecule has 0 aliphatic rings. The summed E-state index contributed by atoms with van der Waals surface area (Å²) in [6.45, 7) is 2.27. The van der Waals surface area contributed by atoms with Crippen LogP contribution in [0.1, 0.15) is 18.7 Å². The maximum absolute atomic E-state index is 12.0. The summed E-state index contributed by atoms with van der Waals surface area (Å²) in [6.07, 6.45) is 1.05. The summed E-state index contributed by atoms with van der Waals surface area (Å²) in [6, 6.07) is 16.9. The smallest absolute Gasteiger partial charge is 0.257 e. The van der Waals surface area contributed by atoms with Crippen molar-refractivity contribution in [3.05, 3.63) is 60.4 Å². The molecule has 0 fully saturated rings. The van der Waals surface area contributed by atoms with E-state index in [0.29, 0.717) is 31.2 Å². The number of hydrogen-bond donors (Lipinski definition) is 1. The monoisotopic (exact) mass is 337 g/mol. The number of carbonyl (C=O) groups excluding carboxylic acids is 1. The number of benzene rings is 2. The Labute approximate surface area is 145 Å². The van der Waals surface area contributed by atoms with Crippen LogP contribution >= 0.6 is 0 Å². The first-order chi connectivity index (χ1) is 12.2. The molecular weight excluding hydrogens is 318 g/mol. The number of aryl methyl sites for hydroxylation is 1. The quantitative estimate of drug-likeness (QED) is 0.663. The lowest BCUT2D eigenvalue weighted by atomic mass is 10.2. The summed E-state index contributed by atoms with van der Waals surface area (Å²) in [5.74, 6) is 1.83. The second-order valence-electron chi connectivity index (χ2n) is 5.54. The summed E-state index contributed by atoms with van der Waals surface area (Å²) in [5.41, 5.74) is 1.55. The molecule has 1 aromatic heterocycles. The van der Waals surface area contributed by atoms with Crippen molar-refractivity contribution in [2.75, 3.05) is 11.9 Å². The summed E-state index contributed by atoms with van der Waals surface area (Å²) in [5, 5.41) is 6.62. The summed E-state index contributed by atoms with van der Waals surface area (Å²) in [7, 11) is 0. The molecule has 128 valence electrons. The third kappa shape index (κ3) is 4.91. The van der Waals surface area contributed by atoms with Crippen molar-refractivity contribution < 1.29 is 14.1 Å². The second-order valence-corrected chi connectivity index (χ2v) is 5.54. The van der Waals surface area contributed by atoms with Crippen molar-refractivity contribution in [2.24, 2.45) is 0 Å². The molecule has 1 heterocycles. The Kier molecular flexibility index (Phi) is 5.41. The number of rotatable bonds is 7. The van der Waals surface area contributed by atoms with Crippen LogP contribution in [0.25, 0.3) is 11.5 Å². The Bertz CT molecular complexity index is 813. The Morgan fingerprint density at radius 1 is 1.12 bits per heavy atom. The molecule has 0 saturated carbocycles. The maximum Gasteiger partial charge on any atom is 0.257 e. The fourth-order valence-corrected chi connectivity index (χ4v) is 2.27. The molecule has 6 nitrogen and oxygen atoms in total. The second kappa shape index (κ2) is 8.10. The van der Waals surface area contributed by atoms with Crippen LogP contribution in [0.3, 0.4) is 0 Å². The third-order valence-electron chi connectivity index (χ3n) is 3.50. The van der Waals surface area contributed by atoms with Crippen LogP contribution in [0.2, 0.25) is 0 Å². The van der Waals surface area contributed by atoms with E-state index in [9.17, 15) is 4.79 Å². The van der Waals surface area contributed by atoms with Gasteiger partial charge in [0.1, 0.15) is 5.75 Å². The third-order valence-corrected chi connectivity index (χ3v) is 3.50. The van der Waals surface area contributed by atoms with Gasteiger partial charge in [0.15, 0.2) is 5.82 Å². The topological polar surface area (TPSA) is 77.2 Å². The number of amides is 1. The number of nitrogens with zero attached hydrogens (tertiary/aromatic N) is 2. The Morgan fingerprint density at radius 2 is 1.88 bits per heavy atom. The van der Waals surface area contributed by atoms with E-state index in [2.05, 4.69) is 15.5 Å². The number of aromatic nitrogens is 2. The lowest BCUT2D eigenvalue weighted by Gasteiger charge is -2.07. The van der Waals surface area contributed by atoms with E-state index < -0.39 is 0 Å². The van der Waals surface area contributed by atoms with Gasteiger partial charge in [0, 0.05) is 17.7 Å². The highest BCUT2D eigenvalue weighted by molar-refractivity contribution is 5.90. The van der Waals surface area contributed by atoms with Gasteiger partial charge >= 0.3 is 0 Å². The number of hydrogen-bond acceptors (Lipinski definition) is 5. The van der Waals surface area contributed by atoms with E-state index >= 15 is 0 Å². The molecule has 25 heavy (non-hydrogen) atoms. The largest absolute Gasteiger partial charge is 0.494 e.